The zero-order valence-electron chi connectivity index (χ0n) is 11.9. The Morgan fingerprint density at radius 3 is 2.90 bits per heavy atom. The van der Waals surface area contributed by atoms with E-state index in [9.17, 15) is 0 Å². The van der Waals surface area contributed by atoms with Crippen LogP contribution in [0.15, 0.2) is 55.0 Å². The van der Waals surface area contributed by atoms with E-state index in [1.807, 2.05) is 42.7 Å². The number of nitrogens with zero attached hydrogens (tertiary/aromatic N) is 2. The van der Waals surface area contributed by atoms with Crippen LogP contribution in [0, 0.1) is 0 Å². The number of nitrogens with one attached hydrogen (secondary N) is 1. The Hall–Kier alpha value is -2.62. The third-order valence-corrected chi connectivity index (χ3v) is 3.40. The van der Waals surface area contributed by atoms with Crippen LogP contribution in [-0.2, 0) is 6.42 Å². The summed E-state index contributed by atoms with van der Waals surface area (Å²) in [4.78, 5) is 8.55. The lowest BCUT2D eigenvalue weighted by molar-refractivity contribution is 0.415. The van der Waals surface area contributed by atoms with Crippen LogP contribution in [0.1, 0.15) is 5.56 Å². The molecular formula is C17H17N3O. The number of aromatic nitrogens is 2. The van der Waals surface area contributed by atoms with Crippen molar-refractivity contribution in [2.24, 2.45) is 0 Å². The average Bonchev–Trinajstić information content (AvgIpc) is 2.55. The molecule has 2 heterocycles. The summed E-state index contributed by atoms with van der Waals surface area (Å²) in [5.41, 5.74) is 1.21. The third kappa shape index (κ3) is 3.11. The fourth-order valence-corrected chi connectivity index (χ4v) is 2.30. The summed E-state index contributed by atoms with van der Waals surface area (Å²) in [6.07, 6.45) is 6.41. The summed E-state index contributed by atoms with van der Waals surface area (Å²) in [5.74, 6) is 1.76. The summed E-state index contributed by atoms with van der Waals surface area (Å²) < 4.78 is 5.25. The van der Waals surface area contributed by atoms with Gasteiger partial charge >= 0.3 is 0 Å². The smallest absolute Gasteiger partial charge is 0.133 e. The molecule has 0 aliphatic rings. The van der Waals surface area contributed by atoms with Crippen molar-refractivity contribution in [2.75, 3.05) is 19.0 Å². The molecule has 0 aliphatic heterocycles. The van der Waals surface area contributed by atoms with Gasteiger partial charge in [0.1, 0.15) is 11.6 Å². The minimum atomic E-state index is 0.823. The number of pyridine rings is 2. The Labute approximate surface area is 123 Å². The molecule has 0 radical (unpaired) electrons. The number of fused-ring (bicyclic) bond motifs is 1. The van der Waals surface area contributed by atoms with Gasteiger partial charge in [-0.25, -0.2) is 4.98 Å². The van der Waals surface area contributed by atoms with E-state index in [0.29, 0.717) is 0 Å². The summed E-state index contributed by atoms with van der Waals surface area (Å²) >= 11 is 0. The van der Waals surface area contributed by atoms with E-state index in [1.165, 1.54) is 5.56 Å². The van der Waals surface area contributed by atoms with Crippen molar-refractivity contribution >= 4 is 16.6 Å². The molecule has 0 aliphatic carbocycles. The number of rotatable bonds is 5. The highest BCUT2D eigenvalue weighted by atomic mass is 16.5. The second-order valence-corrected chi connectivity index (χ2v) is 4.78. The molecule has 0 bridgehead atoms. The van der Waals surface area contributed by atoms with Crippen LogP contribution in [0.5, 0.6) is 5.75 Å². The lowest BCUT2D eigenvalue weighted by Gasteiger charge is -2.09. The normalized spacial score (nSPS) is 10.5. The van der Waals surface area contributed by atoms with Crippen molar-refractivity contribution in [3.8, 4) is 5.75 Å². The highest BCUT2D eigenvalue weighted by molar-refractivity contribution is 5.92. The van der Waals surface area contributed by atoms with Gasteiger partial charge < -0.3 is 10.1 Å². The molecule has 0 saturated carbocycles. The number of hydrogen-bond donors (Lipinski definition) is 1. The number of benzene rings is 1. The minimum absolute atomic E-state index is 0.823. The second kappa shape index (κ2) is 6.22. The van der Waals surface area contributed by atoms with Gasteiger partial charge in [0, 0.05) is 30.5 Å². The largest absolute Gasteiger partial charge is 0.497 e. The van der Waals surface area contributed by atoms with Crippen LogP contribution in [-0.4, -0.2) is 23.6 Å². The molecule has 106 valence electrons. The first-order valence-corrected chi connectivity index (χ1v) is 6.92. The second-order valence-electron chi connectivity index (χ2n) is 4.78. The van der Waals surface area contributed by atoms with Gasteiger partial charge in [0.2, 0.25) is 0 Å². The zero-order chi connectivity index (χ0) is 14.5. The van der Waals surface area contributed by atoms with Crippen molar-refractivity contribution in [1.29, 1.82) is 0 Å². The molecule has 0 saturated heterocycles. The quantitative estimate of drug-likeness (QED) is 0.778. The summed E-state index contributed by atoms with van der Waals surface area (Å²) in [6, 6.07) is 12.0. The molecular weight excluding hydrogens is 262 g/mol. The molecule has 0 fully saturated rings. The monoisotopic (exact) mass is 279 g/mol. The Kier molecular flexibility index (Phi) is 3.96. The first-order chi connectivity index (χ1) is 10.4. The first-order valence-electron chi connectivity index (χ1n) is 6.92. The van der Waals surface area contributed by atoms with Gasteiger partial charge in [0.25, 0.3) is 0 Å². The number of anilines is 1. The Morgan fingerprint density at radius 1 is 1.14 bits per heavy atom. The van der Waals surface area contributed by atoms with E-state index >= 15 is 0 Å². The van der Waals surface area contributed by atoms with E-state index in [1.54, 1.807) is 13.3 Å². The maximum atomic E-state index is 5.25. The van der Waals surface area contributed by atoms with E-state index in [2.05, 4.69) is 21.4 Å². The van der Waals surface area contributed by atoms with Crippen LogP contribution >= 0.6 is 0 Å². The molecule has 1 N–H and O–H groups in total. The summed E-state index contributed by atoms with van der Waals surface area (Å²) in [6.45, 7) is 0.823. The topological polar surface area (TPSA) is 47.0 Å². The summed E-state index contributed by atoms with van der Waals surface area (Å²) in [5, 5.41) is 5.61. The number of methoxy groups -OCH3 is 1. The van der Waals surface area contributed by atoms with Crippen LogP contribution in [0.4, 0.5) is 5.82 Å². The number of hydrogen-bond acceptors (Lipinski definition) is 4. The molecule has 1 aromatic carbocycles. The third-order valence-electron chi connectivity index (χ3n) is 3.40. The van der Waals surface area contributed by atoms with Gasteiger partial charge in [-0.1, -0.05) is 6.07 Å². The van der Waals surface area contributed by atoms with Crippen LogP contribution < -0.4 is 10.1 Å². The van der Waals surface area contributed by atoms with Crippen molar-refractivity contribution in [1.82, 2.24) is 9.97 Å². The SMILES string of the molecule is COc1ccc2c(NCCc3cccnc3)nccc2c1. The molecule has 21 heavy (non-hydrogen) atoms. The van der Waals surface area contributed by atoms with Crippen LogP contribution in [0.2, 0.25) is 0 Å². The van der Waals surface area contributed by atoms with Gasteiger partial charge in [0.05, 0.1) is 7.11 Å². The van der Waals surface area contributed by atoms with Crippen LogP contribution in [0.3, 0.4) is 0 Å². The maximum Gasteiger partial charge on any atom is 0.133 e. The highest BCUT2D eigenvalue weighted by Gasteiger charge is 2.03. The number of ether oxygens (including phenoxy) is 1. The standard InChI is InChI=1S/C17H17N3O/c1-21-15-4-5-16-14(11-15)7-10-20-17(16)19-9-6-13-3-2-8-18-12-13/h2-5,7-8,10-12H,6,9H2,1H3,(H,19,20). The van der Waals surface area contributed by atoms with E-state index in [0.717, 1.165) is 35.3 Å². The van der Waals surface area contributed by atoms with E-state index in [-0.39, 0.29) is 0 Å². The first kappa shape index (κ1) is 13.4. The van der Waals surface area contributed by atoms with Gasteiger partial charge in [-0.05, 0) is 47.7 Å². The molecule has 0 amide bonds. The van der Waals surface area contributed by atoms with Gasteiger partial charge in [-0.2, -0.15) is 0 Å². The predicted octanol–water partition coefficient (Wildman–Crippen LogP) is 3.29. The minimum Gasteiger partial charge on any atom is -0.497 e. The predicted molar refractivity (Wildman–Crippen MR) is 84.7 cm³/mol. The van der Waals surface area contributed by atoms with Gasteiger partial charge in [-0.3, -0.25) is 4.98 Å². The van der Waals surface area contributed by atoms with Crippen LogP contribution in [0.25, 0.3) is 10.8 Å². The fraction of sp³-hybridized carbons (Fsp3) is 0.176. The molecule has 0 atom stereocenters. The molecule has 4 heteroatoms. The van der Waals surface area contributed by atoms with Crippen molar-refractivity contribution in [2.45, 2.75) is 6.42 Å². The zero-order valence-corrected chi connectivity index (χ0v) is 11.9. The highest BCUT2D eigenvalue weighted by Crippen LogP contribution is 2.25. The van der Waals surface area contributed by atoms with Gasteiger partial charge in [-0.15, -0.1) is 0 Å². The Balaban J connectivity index is 1.75. The van der Waals surface area contributed by atoms with Crippen molar-refractivity contribution < 1.29 is 4.74 Å². The molecule has 3 aromatic rings. The lowest BCUT2D eigenvalue weighted by Crippen LogP contribution is -2.06. The Bertz CT molecular complexity index is 728. The fourth-order valence-electron chi connectivity index (χ4n) is 2.30. The van der Waals surface area contributed by atoms with Crippen molar-refractivity contribution in [3.63, 3.8) is 0 Å². The summed E-state index contributed by atoms with van der Waals surface area (Å²) in [7, 11) is 1.68. The molecule has 0 spiro atoms. The van der Waals surface area contributed by atoms with Crippen molar-refractivity contribution in [3.05, 3.63) is 60.6 Å². The van der Waals surface area contributed by atoms with Gasteiger partial charge in [0.15, 0.2) is 0 Å². The molecule has 0 unspecified atom stereocenters. The Morgan fingerprint density at radius 2 is 2.10 bits per heavy atom. The van der Waals surface area contributed by atoms with E-state index in [4.69, 9.17) is 4.74 Å². The molecule has 4 nitrogen and oxygen atoms in total. The molecule has 3 rings (SSSR count). The average molecular weight is 279 g/mol. The lowest BCUT2D eigenvalue weighted by atomic mass is 10.1. The molecule has 2 aromatic heterocycles. The van der Waals surface area contributed by atoms with E-state index < -0.39 is 0 Å². The maximum absolute atomic E-state index is 5.25.